The number of pyridine rings is 1. The molecular weight excluding hydrogens is 277 g/mol. The van der Waals surface area contributed by atoms with E-state index in [2.05, 4.69) is 4.98 Å². The normalized spacial score (nSPS) is 11.0. The van der Waals surface area contributed by atoms with Gasteiger partial charge in [-0.3, -0.25) is 4.79 Å². The first-order valence-electron chi connectivity index (χ1n) is 6.08. The number of methoxy groups -OCH3 is 1. The van der Waals surface area contributed by atoms with E-state index in [1.165, 1.54) is 7.11 Å². The maximum atomic E-state index is 13.5. The largest absolute Gasteiger partial charge is 0.495 e. The van der Waals surface area contributed by atoms with Crippen LogP contribution in [-0.2, 0) is 0 Å². The molecule has 5 nitrogen and oxygen atoms in total. The minimum atomic E-state index is -1.32. The van der Waals surface area contributed by atoms with Crippen LogP contribution >= 0.6 is 0 Å². The van der Waals surface area contributed by atoms with Gasteiger partial charge in [0.2, 0.25) is 0 Å². The van der Waals surface area contributed by atoms with Crippen molar-refractivity contribution in [3.63, 3.8) is 0 Å². The van der Waals surface area contributed by atoms with E-state index in [1.807, 2.05) is 0 Å². The van der Waals surface area contributed by atoms with Crippen molar-refractivity contribution in [2.24, 2.45) is 0 Å². The number of ether oxygens (including phenoxy) is 1. The molecule has 21 heavy (non-hydrogen) atoms. The summed E-state index contributed by atoms with van der Waals surface area (Å²) in [6, 6.07) is 6.76. The number of carboxylic acid groups (broad SMARTS) is 1. The van der Waals surface area contributed by atoms with Gasteiger partial charge in [0.25, 0.3) is 0 Å². The van der Waals surface area contributed by atoms with Gasteiger partial charge >= 0.3 is 5.97 Å². The zero-order chi connectivity index (χ0) is 15.1. The highest BCUT2D eigenvalue weighted by molar-refractivity contribution is 6.05. The minimum absolute atomic E-state index is 0.00634. The smallest absolute Gasteiger partial charge is 0.337 e. The molecule has 0 saturated carbocycles. The van der Waals surface area contributed by atoms with E-state index < -0.39 is 17.2 Å². The first kappa shape index (κ1) is 13.1. The Morgan fingerprint density at radius 2 is 2.00 bits per heavy atom. The zero-order valence-corrected chi connectivity index (χ0v) is 10.9. The number of aromatic amines is 1. The lowest BCUT2D eigenvalue weighted by molar-refractivity contribution is 0.0698. The van der Waals surface area contributed by atoms with E-state index in [-0.39, 0.29) is 16.5 Å². The van der Waals surface area contributed by atoms with Crippen LogP contribution in [0.4, 0.5) is 4.39 Å². The molecule has 0 aliphatic rings. The number of H-pyrrole nitrogens is 1. The van der Waals surface area contributed by atoms with Crippen LogP contribution in [-0.4, -0.2) is 23.2 Å². The van der Waals surface area contributed by atoms with E-state index in [0.717, 1.165) is 12.1 Å². The van der Waals surface area contributed by atoms with Gasteiger partial charge in [0.05, 0.1) is 23.7 Å². The fourth-order valence-corrected chi connectivity index (χ4v) is 2.38. The quantitative estimate of drug-likeness (QED) is 0.710. The molecule has 0 bridgehead atoms. The molecule has 106 valence electrons. The maximum Gasteiger partial charge on any atom is 0.337 e. The Morgan fingerprint density at radius 1 is 1.24 bits per heavy atom. The second kappa shape index (κ2) is 4.59. The van der Waals surface area contributed by atoms with Crippen LogP contribution < -0.4 is 10.2 Å². The SMILES string of the molecule is COc1cccc2c(=O)c3cc(F)cc(C(=O)O)c3[nH]c12. The molecule has 0 radical (unpaired) electrons. The Kier molecular flexibility index (Phi) is 2.86. The van der Waals surface area contributed by atoms with E-state index >= 15 is 0 Å². The molecule has 3 rings (SSSR count). The van der Waals surface area contributed by atoms with E-state index in [0.29, 0.717) is 16.7 Å². The number of carbonyl (C=O) groups is 1. The molecule has 0 aliphatic heterocycles. The van der Waals surface area contributed by atoms with Crippen molar-refractivity contribution >= 4 is 27.8 Å². The lowest BCUT2D eigenvalue weighted by Crippen LogP contribution is -2.09. The molecule has 3 aromatic rings. The Bertz CT molecular complexity index is 946. The minimum Gasteiger partial charge on any atom is -0.495 e. The Balaban J connectivity index is 2.60. The number of aromatic nitrogens is 1. The number of rotatable bonds is 2. The predicted octanol–water partition coefficient (Wildman–Crippen LogP) is 2.53. The number of hydrogen-bond acceptors (Lipinski definition) is 3. The third-order valence-electron chi connectivity index (χ3n) is 3.32. The summed E-state index contributed by atoms with van der Waals surface area (Å²) in [6.07, 6.45) is 0. The van der Waals surface area contributed by atoms with Crippen molar-refractivity contribution in [2.45, 2.75) is 0 Å². The van der Waals surface area contributed by atoms with E-state index in [9.17, 15) is 19.1 Å². The summed E-state index contributed by atoms with van der Waals surface area (Å²) in [5, 5.41) is 9.48. The molecule has 0 saturated heterocycles. The molecule has 6 heteroatoms. The summed E-state index contributed by atoms with van der Waals surface area (Å²) in [4.78, 5) is 26.6. The highest BCUT2D eigenvalue weighted by Gasteiger charge is 2.16. The number of fused-ring (bicyclic) bond motifs is 2. The highest BCUT2D eigenvalue weighted by atomic mass is 19.1. The third-order valence-corrected chi connectivity index (χ3v) is 3.32. The number of halogens is 1. The van der Waals surface area contributed by atoms with Gasteiger partial charge in [0.15, 0.2) is 5.43 Å². The van der Waals surface area contributed by atoms with Crippen molar-refractivity contribution in [3.8, 4) is 5.75 Å². The lowest BCUT2D eigenvalue weighted by Gasteiger charge is -2.09. The fraction of sp³-hybridized carbons (Fsp3) is 0.0667. The van der Waals surface area contributed by atoms with Crippen LogP contribution in [0, 0.1) is 5.82 Å². The number of aromatic carboxylic acids is 1. The van der Waals surface area contributed by atoms with Gasteiger partial charge in [-0.1, -0.05) is 6.07 Å². The number of carboxylic acids is 1. The van der Waals surface area contributed by atoms with Gasteiger partial charge < -0.3 is 14.8 Å². The Morgan fingerprint density at radius 3 is 2.67 bits per heavy atom. The van der Waals surface area contributed by atoms with Crippen LogP contribution in [0.2, 0.25) is 0 Å². The molecule has 1 aromatic heterocycles. The van der Waals surface area contributed by atoms with Crippen LogP contribution in [0.3, 0.4) is 0 Å². The van der Waals surface area contributed by atoms with Gasteiger partial charge in [-0.2, -0.15) is 0 Å². The van der Waals surface area contributed by atoms with Crippen molar-refractivity contribution in [3.05, 3.63) is 51.9 Å². The molecule has 2 N–H and O–H groups in total. The summed E-state index contributed by atoms with van der Waals surface area (Å²) in [5.41, 5.74) is -0.285. The number of para-hydroxylation sites is 1. The van der Waals surface area contributed by atoms with Gasteiger partial charge in [0, 0.05) is 10.8 Å². The van der Waals surface area contributed by atoms with Crippen LogP contribution in [0.1, 0.15) is 10.4 Å². The van der Waals surface area contributed by atoms with Crippen molar-refractivity contribution in [2.75, 3.05) is 7.11 Å². The Labute approximate surface area is 117 Å². The maximum absolute atomic E-state index is 13.5. The molecule has 1 heterocycles. The zero-order valence-electron chi connectivity index (χ0n) is 10.9. The molecule has 0 atom stereocenters. The number of benzene rings is 2. The second-order valence-electron chi connectivity index (χ2n) is 4.52. The predicted molar refractivity (Wildman–Crippen MR) is 75.5 cm³/mol. The average Bonchev–Trinajstić information content (AvgIpc) is 2.47. The summed E-state index contributed by atoms with van der Waals surface area (Å²) >= 11 is 0. The molecule has 0 aliphatic carbocycles. The molecule has 2 aromatic carbocycles. The monoisotopic (exact) mass is 287 g/mol. The van der Waals surface area contributed by atoms with Crippen molar-refractivity contribution in [1.29, 1.82) is 0 Å². The van der Waals surface area contributed by atoms with Crippen LogP contribution in [0.25, 0.3) is 21.8 Å². The summed E-state index contributed by atoms with van der Waals surface area (Å²) < 4.78 is 18.7. The first-order chi connectivity index (χ1) is 10.0. The standard InChI is InChI=1S/C15H10FNO4/c1-21-11-4-2-3-8-13(11)17-12-9(14(8)18)5-7(16)6-10(12)15(19)20/h2-6H,1H3,(H,17,18)(H,19,20). The summed E-state index contributed by atoms with van der Waals surface area (Å²) in [6.45, 7) is 0. The van der Waals surface area contributed by atoms with Gasteiger partial charge in [-0.25, -0.2) is 9.18 Å². The van der Waals surface area contributed by atoms with Gasteiger partial charge in [0.1, 0.15) is 11.6 Å². The topological polar surface area (TPSA) is 79.4 Å². The van der Waals surface area contributed by atoms with Crippen LogP contribution in [0.15, 0.2) is 35.1 Å². The highest BCUT2D eigenvalue weighted by Crippen LogP contribution is 2.25. The van der Waals surface area contributed by atoms with E-state index in [1.54, 1.807) is 18.2 Å². The Hall–Kier alpha value is -2.89. The summed E-state index contributed by atoms with van der Waals surface area (Å²) in [7, 11) is 1.44. The number of nitrogens with one attached hydrogen (secondary N) is 1. The van der Waals surface area contributed by atoms with Gasteiger partial charge in [-0.15, -0.1) is 0 Å². The van der Waals surface area contributed by atoms with Crippen molar-refractivity contribution < 1.29 is 19.0 Å². The first-order valence-corrected chi connectivity index (χ1v) is 6.08. The van der Waals surface area contributed by atoms with Gasteiger partial charge in [-0.05, 0) is 24.3 Å². The lowest BCUT2D eigenvalue weighted by atomic mass is 10.1. The summed E-state index contributed by atoms with van der Waals surface area (Å²) in [5.74, 6) is -1.68. The average molecular weight is 287 g/mol. The molecular formula is C15H10FNO4. The molecule has 0 unspecified atom stereocenters. The molecule has 0 fully saturated rings. The van der Waals surface area contributed by atoms with Crippen molar-refractivity contribution in [1.82, 2.24) is 4.98 Å². The van der Waals surface area contributed by atoms with E-state index in [4.69, 9.17) is 4.74 Å². The number of hydrogen-bond donors (Lipinski definition) is 2. The molecule has 0 amide bonds. The molecule has 0 spiro atoms. The van der Waals surface area contributed by atoms with Crippen LogP contribution in [0.5, 0.6) is 5.75 Å². The third kappa shape index (κ3) is 1.92. The second-order valence-corrected chi connectivity index (χ2v) is 4.52. The fourth-order valence-electron chi connectivity index (χ4n) is 2.38.